The number of para-hydroxylation sites is 1. The van der Waals surface area contributed by atoms with E-state index < -0.39 is 11.9 Å². The van der Waals surface area contributed by atoms with Crippen molar-refractivity contribution in [2.24, 2.45) is 5.92 Å². The van der Waals surface area contributed by atoms with E-state index in [0.717, 1.165) is 0 Å². The van der Waals surface area contributed by atoms with E-state index >= 15 is 0 Å². The first-order valence-electron chi connectivity index (χ1n) is 9.94. The van der Waals surface area contributed by atoms with Crippen LogP contribution in [0.2, 0.25) is 0 Å². The number of aromatic nitrogens is 2. The molecule has 1 N–H and O–H groups in total. The Morgan fingerprint density at radius 3 is 2.71 bits per heavy atom. The van der Waals surface area contributed by atoms with Crippen LogP contribution in [0.15, 0.2) is 59.1 Å². The predicted octanol–water partition coefficient (Wildman–Crippen LogP) is 3.86. The molecule has 1 saturated heterocycles. The van der Waals surface area contributed by atoms with Crippen molar-refractivity contribution in [2.75, 3.05) is 18.4 Å². The number of carbonyl (C=O) groups is 2. The number of halogens is 1. The molecule has 160 valence electrons. The molecule has 0 bridgehead atoms. The number of hydrogen-bond donors (Lipinski definition) is 1. The molecular weight excluding hydrogens is 403 g/mol. The van der Waals surface area contributed by atoms with Gasteiger partial charge in [-0.3, -0.25) is 4.79 Å². The zero-order valence-corrected chi connectivity index (χ0v) is 16.7. The van der Waals surface area contributed by atoms with Gasteiger partial charge in [0.05, 0.1) is 5.92 Å². The summed E-state index contributed by atoms with van der Waals surface area (Å²) < 4.78 is 23.5. The van der Waals surface area contributed by atoms with Crippen molar-refractivity contribution in [3.63, 3.8) is 0 Å². The van der Waals surface area contributed by atoms with Crippen LogP contribution in [0.4, 0.5) is 14.9 Å². The van der Waals surface area contributed by atoms with Crippen LogP contribution in [0.1, 0.15) is 18.7 Å². The Hall–Kier alpha value is -3.75. The molecule has 2 aromatic carbocycles. The number of hydrogen-bond acceptors (Lipinski definition) is 6. The quantitative estimate of drug-likeness (QED) is 0.625. The zero-order valence-electron chi connectivity index (χ0n) is 16.7. The number of nitrogens with zero attached hydrogens (tertiary/aromatic N) is 3. The van der Waals surface area contributed by atoms with Crippen molar-refractivity contribution < 1.29 is 23.2 Å². The van der Waals surface area contributed by atoms with Crippen LogP contribution in [0.25, 0.3) is 11.4 Å². The monoisotopic (exact) mass is 424 g/mol. The lowest BCUT2D eigenvalue weighted by Crippen LogP contribution is -2.44. The van der Waals surface area contributed by atoms with Crippen LogP contribution >= 0.6 is 0 Å². The van der Waals surface area contributed by atoms with Crippen LogP contribution in [0, 0.1) is 11.7 Å². The first-order chi connectivity index (χ1) is 15.1. The molecule has 0 radical (unpaired) electrons. The second-order valence-corrected chi connectivity index (χ2v) is 7.21. The van der Waals surface area contributed by atoms with Crippen LogP contribution in [-0.4, -0.2) is 40.1 Å². The largest absolute Gasteiger partial charge is 0.455 e. The molecule has 0 aliphatic carbocycles. The number of anilines is 1. The molecule has 4 rings (SSSR count). The van der Waals surface area contributed by atoms with Crippen molar-refractivity contribution in [3.8, 4) is 11.4 Å². The Balaban J connectivity index is 1.29. The summed E-state index contributed by atoms with van der Waals surface area (Å²) in [7, 11) is 0. The summed E-state index contributed by atoms with van der Waals surface area (Å²) in [6.07, 6.45) is 1.34. The Morgan fingerprint density at radius 2 is 1.94 bits per heavy atom. The third kappa shape index (κ3) is 5.25. The maximum absolute atomic E-state index is 13.0. The molecule has 2 heterocycles. The highest BCUT2D eigenvalue weighted by Gasteiger charge is 2.30. The Labute approximate surface area is 178 Å². The fourth-order valence-electron chi connectivity index (χ4n) is 3.36. The molecule has 1 atom stereocenters. The van der Waals surface area contributed by atoms with E-state index in [2.05, 4.69) is 15.5 Å². The molecule has 9 heteroatoms. The second kappa shape index (κ2) is 9.38. The standard InChI is InChI=1S/C22H21FN4O4/c23-17-10-8-15(9-11-17)20-25-19(31-26-20)14-30-21(28)16-5-4-12-27(13-16)22(29)24-18-6-2-1-3-7-18/h1-3,6-11,16H,4-5,12-14H2,(H,24,29)/t16-/m1/s1. The maximum atomic E-state index is 13.0. The summed E-state index contributed by atoms with van der Waals surface area (Å²) in [4.78, 5) is 30.8. The average Bonchev–Trinajstić information content (AvgIpc) is 3.28. The molecule has 1 aliphatic heterocycles. The van der Waals surface area contributed by atoms with E-state index in [1.165, 1.54) is 24.3 Å². The lowest BCUT2D eigenvalue weighted by molar-refractivity contribution is -0.152. The molecule has 1 aromatic heterocycles. The average molecular weight is 424 g/mol. The molecule has 0 spiro atoms. The van der Waals surface area contributed by atoms with E-state index in [0.29, 0.717) is 30.6 Å². The highest BCUT2D eigenvalue weighted by molar-refractivity contribution is 5.89. The SMILES string of the molecule is O=C(OCc1nc(-c2ccc(F)cc2)no1)[C@@H]1CCCN(C(=O)Nc2ccccc2)C1. The zero-order chi connectivity index (χ0) is 21.6. The lowest BCUT2D eigenvalue weighted by atomic mass is 9.98. The van der Waals surface area contributed by atoms with Gasteiger partial charge in [-0.2, -0.15) is 4.98 Å². The summed E-state index contributed by atoms with van der Waals surface area (Å²) in [6.45, 7) is 0.690. The molecule has 8 nitrogen and oxygen atoms in total. The van der Waals surface area contributed by atoms with Gasteiger partial charge in [0.25, 0.3) is 5.89 Å². The first kappa shape index (κ1) is 20.5. The van der Waals surface area contributed by atoms with Gasteiger partial charge in [0.1, 0.15) is 5.82 Å². The van der Waals surface area contributed by atoms with Gasteiger partial charge in [0.2, 0.25) is 5.82 Å². The van der Waals surface area contributed by atoms with Crippen molar-refractivity contribution in [1.29, 1.82) is 0 Å². The van der Waals surface area contributed by atoms with Crippen molar-refractivity contribution in [3.05, 3.63) is 66.3 Å². The molecular formula is C22H21FN4O4. The highest BCUT2D eigenvalue weighted by atomic mass is 19.1. The second-order valence-electron chi connectivity index (χ2n) is 7.21. The highest BCUT2D eigenvalue weighted by Crippen LogP contribution is 2.21. The molecule has 0 unspecified atom stereocenters. The number of carbonyl (C=O) groups excluding carboxylic acids is 2. The number of urea groups is 1. The summed E-state index contributed by atoms with van der Waals surface area (Å²) in [5, 5.41) is 6.65. The summed E-state index contributed by atoms with van der Waals surface area (Å²) in [6, 6.07) is 14.6. The van der Waals surface area contributed by atoms with Gasteiger partial charge in [-0.25, -0.2) is 9.18 Å². The fraction of sp³-hybridized carbons (Fsp3) is 0.273. The van der Waals surface area contributed by atoms with Gasteiger partial charge in [0, 0.05) is 24.3 Å². The maximum Gasteiger partial charge on any atom is 0.321 e. The van der Waals surface area contributed by atoms with Gasteiger partial charge in [-0.1, -0.05) is 23.4 Å². The van der Waals surface area contributed by atoms with E-state index in [9.17, 15) is 14.0 Å². The minimum atomic E-state index is -0.422. The third-order valence-corrected chi connectivity index (χ3v) is 4.98. The Bertz CT molecular complexity index is 1040. The van der Waals surface area contributed by atoms with Gasteiger partial charge in [-0.15, -0.1) is 0 Å². The van der Waals surface area contributed by atoms with Crippen LogP contribution in [0.5, 0.6) is 0 Å². The van der Waals surface area contributed by atoms with E-state index in [4.69, 9.17) is 9.26 Å². The third-order valence-electron chi connectivity index (χ3n) is 4.98. The molecule has 1 fully saturated rings. The number of rotatable bonds is 5. The van der Waals surface area contributed by atoms with Gasteiger partial charge < -0.3 is 19.5 Å². The smallest absolute Gasteiger partial charge is 0.321 e. The Kier molecular flexibility index (Phi) is 6.21. The minimum absolute atomic E-state index is 0.141. The topological polar surface area (TPSA) is 97.6 Å². The molecule has 3 aromatic rings. The number of esters is 1. The van der Waals surface area contributed by atoms with E-state index in [-0.39, 0.29) is 36.7 Å². The van der Waals surface area contributed by atoms with E-state index in [1.807, 2.05) is 18.2 Å². The molecule has 2 amide bonds. The summed E-state index contributed by atoms with van der Waals surface area (Å²) in [5.41, 5.74) is 1.29. The summed E-state index contributed by atoms with van der Waals surface area (Å²) in [5.74, 6) is -0.775. The summed E-state index contributed by atoms with van der Waals surface area (Å²) >= 11 is 0. The van der Waals surface area contributed by atoms with Gasteiger partial charge in [-0.05, 0) is 49.2 Å². The van der Waals surface area contributed by atoms with Crippen LogP contribution in [0.3, 0.4) is 0 Å². The van der Waals surface area contributed by atoms with Gasteiger partial charge in [0.15, 0.2) is 6.61 Å². The lowest BCUT2D eigenvalue weighted by Gasteiger charge is -2.31. The van der Waals surface area contributed by atoms with Gasteiger partial charge >= 0.3 is 12.0 Å². The number of piperidine rings is 1. The number of nitrogens with one attached hydrogen (secondary N) is 1. The normalized spacial score (nSPS) is 16.0. The Morgan fingerprint density at radius 1 is 1.16 bits per heavy atom. The van der Waals surface area contributed by atoms with Crippen molar-refractivity contribution in [1.82, 2.24) is 15.0 Å². The predicted molar refractivity (Wildman–Crippen MR) is 109 cm³/mol. The molecule has 1 aliphatic rings. The molecule has 31 heavy (non-hydrogen) atoms. The number of benzene rings is 2. The first-order valence-corrected chi connectivity index (χ1v) is 9.94. The molecule has 0 saturated carbocycles. The van der Waals surface area contributed by atoms with Crippen molar-refractivity contribution in [2.45, 2.75) is 19.4 Å². The number of likely N-dealkylation sites (tertiary alicyclic amines) is 1. The van der Waals surface area contributed by atoms with Crippen molar-refractivity contribution >= 4 is 17.7 Å². The van der Waals surface area contributed by atoms with E-state index in [1.54, 1.807) is 17.0 Å². The number of amides is 2. The van der Waals surface area contributed by atoms with Crippen LogP contribution in [-0.2, 0) is 16.1 Å². The fourth-order valence-corrected chi connectivity index (χ4v) is 3.36. The number of ether oxygens (including phenoxy) is 1. The minimum Gasteiger partial charge on any atom is -0.455 e. The van der Waals surface area contributed by atoms with Crippen LogP contribution < -0.4 is 5.32 Å².